The molecule has 4 rings (SSSR count). The summed E-state index contributed by atoms with van der Waals surface area (Å²) in [5.74, 6) is -1.44. The summed E-state index contributed by atoms with van der Waals surface area (Å²) in [7, 11) is 1.56. The Morgan fingerprint density at radius 2 is 1.71 bits per heavy atom. The smallest absolute Gasteiger partial charge is 0.258 e. The number of methoxy groups -OCH3 is 1. The van der Waals surface area contributed by atoms with Gasteiger partial charge in [-0.05, 0) is 60.0 Å². The van der Waals surface area contributed by atoms with Crippen LogP contribution < -0.4 is 15.0 Å². The Kier molecular flexibility index (Phi) is 5.66. The molecule has 5 nitrogen and oxygen atoms in total. The Hall–Kier alpha value is -3.74. The molecule has 1 N–H and O–H groups in total. The first kappa shape index (κ1) is 20.5. The van der Waals surface area contributed by atoms with Gasteiger partial charge in [0.25, 0.3) is 5.91 Å². The fourth-order valence-electron chi connectivity index (χ4n) is 3.57. The van der Waals surface area contributed by atoms with Crippen molar-refractivity contribution in [2.24, 2.45) is 0 Å². The molecule has 0 unspecified atom stereocenters. The van der Waals surface area contributed by atoms with E-state index in [0.717, 1.165) is 11.6 Å². The molecule has 3 aromatic rings. The summed E-state index contributed by atoms with van der Waals surface area (Å²) in [5.41, 5.74) is 1.59. The van der Waals surface area contributed by atoms with Gasteiger partial charge in [0.05, 0.1) is 18.4 Å². The molecule has 0 saturated carbocycles. The number of ether oxygens (including phenoxy) is 1. The Morgan fingerprint density at radius 3 is 2.32 bits per heavy atom. The molecule has 1 heterocycles. The minimum Gasteiger partial charge on any atom is -0.497 e. The maximum atomic E-state index is 14.6. The third kappa shape index (κ3) is 4.26. The van der Waals surface area contributed by atoms with Crippen molar-refractivity contribution < 1.29 is 23.1 Å². The number of nitrogens with zero attached hydrogens (tertiary/aromatic N) is 1. The van der Waals surface area contributed by atoms with Crippen LogP contribution in [0.15, 0.2) is 60.7 Å². The summed E-state index contributed by atoms with van der Waals surface area (Å²) in [6.45, 7) is 0.465. The molecule has 0 spiro atoms. The van der Waals surface area contributed by atoms with Gasteiger partial charge in [0.15, 0.2) is 0 Å². The Bertz CT molecular complexity index is 1150. The van der Waals surface area contributed by atoms with E-state index in [4.69, 9.17) is 4.74 Å². The predicted octanol–water partition coefficient (Wildman–Crippen LogP) is 5.02. The topological polar surface area (TPSA) is 58.6 Å². The molecule has 1 saturated heterocycles. The number of benzene rings is 3. The van der Waals surface area contributed by atoms with Crippen LogP contribution in [0.5, 0.6) is 5.75 Å². The third-order valence-corrected chi connectivity index (χ3v) is 5.21. The van der Waals surface area contributed by atoms with Crippen molar-refractivity contribution >= 4 is 23.2 Å². The zero-order chi connectivity index (χ0) is 22.0. The number of anilines is 2. The summed E-state index contributed by atoms with van der Waals surface area (Å²) in [4.78, 5) is 25.7. The van der Waals surface area contributed by atoms with Crippen LogP contribution in [0.4, 0.5) is 20.2 Å². The van der Waals surface area contributed by atoms with Crippen LogP contribution in [0, 0.1) is 11.6 Å². The Morgan fingerprint density at radius 1 is 0.968 bits per heavy atom. The molecular weight excluding hydrogens is 402 g/mol. The summed E-state index contributed by atoms with van der Waals surface area (Å²) >= 11 is 0. The number of hydrogen-bond donors (Lipinski definition) is 1. The van der Waals surface area contributed by atoms with Crippen molar-refractivity contribution in [1.29, 1.82) is 0 Å². The number of amides is 2. The number of nitrogens with one attached hydrogen (secondary N) is 1. The van der Waals surface area contributed by atoms with E-state index in [1.165, 1.54) is 29.2 Å². The van der Waals surface area contributed by atoms with Crippen LogP contribution in [0.25, 0.3) is 11.1 Å². The number of carbonyl (C=O) groups is 2. The van der Waals surface area contributed by atoms with Crippen LogP contribution >= 0.6 is 0 Å². The van der Waals surface area contributed by atoms with Gasteiger partial charge in [-0.1, -0.05) is 18.2 Å². The van der Waals surface area contributed by atoms with Crippen LogP contribution in [-0.4, -0.2) is 25.5 Å². The van der Waals surface area contributed by atoms with Gasteiger partial charge in [0.2, 0.25) is 5.91 Å². The van der Waals surface area contributed by atoms with Crippen LogP contribution in [0.1, 0.15) is 23.2 Å². The van der Waals surface area contributed by atoms with E-state index in [-0.39, 0.29) is 22.8 Å². The maximum absolute atomic E-state index is 14.6. The molecule has 0 aliphatic carbocycles. The van der Waals surface area contributed by atoms with Gasteiger partial charge in [-0.2, -0.15) is 0 Å². The molecule has 0 atom stereocenters. The highest BCUT2D eigenvalue weighted by molar-refractivity contribution is 6.05. The van der Waals surface area contributed by atoms with E-state index in [9.17, 15) is 18.4 Å². The fraction of sp³-hybridized carbons (Fsp3) is 0.167. The second-order valence-corrected chi connectivity index (χ2v) is 7.19. The fourth-order valence-corrected chi connectivity index (χ4v) is 3.57. The summed E-state index contributed by atoms with van der Waals surface area (Å²) in [6.07, 6.45) is 1.08. The normalized spacial score (nSPS) is 13.4. The van der Waals surface area contributed by atoms with Gasteiger partial charge in [-0.15, -0.1) is 0 Å². The van der Waals surface area contributed by atoms with Crippen LogP contribution in [0.3, 0.4) is 0 Å². The maximum Gasteiger partial charge on any atom is 0.258 e. The first-order chi connectivity index (χ1) is 15.0. The van der Waals surface area contributed by atoms with Crippen molar-refractivity contribution in [3.8, 4) is 16.9 Å². The second kappa shape index (κ2) is 8.55. The van der Waals surface area contributed by atoms with Crippen LogP contribution in [-0.2, 0) is 4.79 Å². The SMILES string of the molecule is COc1ccc(-c2ccc(C(=O)Nc3ccc(N4CCCC4=O)c(F)c3)c(F)c2)cc1. The van der Waals surface area contributed by atoms with Gasteiger partial charge in [-0.25, -0.2) is 8.78 Å². The van der Waals surface area contributed by atoms with E-state index >= 15 is 0 Å². The minimum atomic E-state index is -0.692. The Labute approximate surface area is 178 Å². The molecule has 7 heteroatoms. The zero-order valence-electron chi connectivity index (χ0n) is 16.8. The standard InChI is InChI=1S/C24H20F2N2O3/c1-31-18-8-4-15(5-9-18)16-6-10-19(20(25)13-16)24(30)27-17-7-11-22(21(26)14-17)28-12-2-3-23(28)29/h4-11,13-14H,2-3,12H2,1H3,(H,27,30). The first-order valence-corrected chi connectivity index (χ1v) is 9.81. The Balaban J connectivity index is 1.50. The molecule has 1 fully saturated rings. The molecule has 0 radical (unpaired) electrons. The van der Waals surface area contributed by atoms with E-state index in [1.807, 2.05) is 0 Å². The minimum absolute atomic E-state index is 0.130. The zero-order valence-corrected chi connectivity index (χ0v) is 16.8. The van der Waals surface area contributed by atoms with Gasteiger partial charge in [-0.3, -0.25) is 9.59 Å². The lowest BCUT2D eigenvalue weighted by Crippen LogP contribution is -2.24. The average molecular weight is 422 g/mol. The lowest BCUT2D eigenvalue weighted by Gasteiger charge is -2.17. The lowest BCUT2D eigenvalue weighted by atomic mass is 10.0. The molecule has 0 aromatic heterocycles. The van der Waals surface area contributed by atoms with E-state index < -0.39 is 17.5 Å². The summed E-state index contributed by atoms with van der Waals surface area (Å²) < 4.78 is 34.2. The highest BCUT2D eigenvalue weighted by atomic mass is 19.1. The number of hydrogen-bond acceptors (Lipinski definition) is 3. The van der Waals surface area contributed by atoms with Gasteiger partial charge in [0.1, 0.15) is 17.4 Å². The molecule has 1 aliphatic heterocycles. The third-order valence-electron chi connectivity index (χ3n) is 5.21. The monoisotopic (exact) mass is 422 g/mol. The van der Waals surface area contributed by atoms with Gasteiger partial charge in [0, 0.05) is 18.7 Å². The second-order valence-electron chi connectivity index (χ2n) is 7.19. The largest absolute Gasteiger partial charge is 0.497 e. The predicted molar refractivity (Wildman–Crippen MR) is 114 cm³/mol. The highest BCUT2D eigenvalue weighted by Gasteiger charge is 2.24. The molecule has 2 amide bonds. The van der Waals surface area contributed by atoms with Gasteiger partial charge < -0.3 is 15.0 Å². The van der Waals surface area contributed by atoms with E-state index in [2.05, 4.69) is 5.32 Å². The van der Waals surface area contributed by atoms with E-state index in [1.54, 1.807) is 37.4 Å². The molecule has 0 bridgehead atoms. The lowest BCUT2D eigenvalue weighted by molar-refractivity contribution is -0.117. The average Bonchev–Trinajstić information content (AvgIpc) is 3.19. The summed E-state index contributed by atoms with van der Waals surface area (Å²) in [5, 5.41) is 2.50. The van der Waals surface area contributed by atoms with Crippen molar-refractivity contribution in [3.05, 3.63) is 77.9 Å². The number of carbonyl (C=O) groups excluding carboxylic acids is 2. The van der Waals surface area contributed by atoms with E-state index in [0.29, 0.717) is 30.7 Å². The van der Waals surface area contributed by atoms with Crippen molar-refractivity contribution in [1.82, 2.24) is 0 Å². The molecular formula is C24H20F2N2O3. The highest BCUT2D eigenvalue weighted by Crippen LogP contribution is 2.28. The molecule has 1 aliphatic rings. The van der Waals surface area contributed by atoms with Crippen molar-refractivity contribution in [3.63, 3.8) is 0 Å². The first-order valence-electron chi connectivity index (χ1n) is 9.81. The van der Waals surface area contributed by atoms with Crippen molar-refractivity contribution in [2.75, 3.05) is 23.9 Å². The molecule has 3 aromatic carbocycles. The molecule has 31 heavy (non-hydrogen) atoms. The van der Waals surface area contributed by atoms with Crippen LogP contribution in [0.2, 0.25) is 0 Å². The molecule has 158 valence electrons. The van der Waals surface area contributed by atoms with Crippen molar-refractivity contribution in [2.45, 2.75) is 12.8 Å². The number of halogens is 2. The quantitative estimate of drug-likeness (QED) is 0.628. The number of rotatable bonds is 5. The van der Waals surface area contributed by atoms with Gasteiger partial charge >= 0.3 is 0 Å². The summed E-state index contributed by atoms with van der Waals surface area (Å²) in [6, 6.07) is 15.5.